The van der Waals surface area contributed by atoms with Crippen LogP contribution in [0.3, 0.4) is 0 Å². The van der Waals surface area contributed by atoms with Gasteiger partial charge in [-0.25, -0.2) is 4.39 Å². The SMILES string of the molecule is CC(C)CNC(=O)[C@@H](C)N(Cc1ccc(F)cc1)C(=O)CSCc1ccc([N+](=O)[O-])cc1. The number of rotatable bonds is 11. The van der Waals surface area contributed by atoms with Crippen LogP contribution >= 0.6 is 11.8 Å². The van der Waals surface area contributed by atoms with Gasteiger partial charge in [0.25, 0.3) is 5.69 Å². The first kappa shape index (κ1) is 25.3. The summed E-state index contributed by atoms with van der Waals surface area (Å²) in [5.74, 6) is 0.0998. The summed E-state index contributed by atoms with van der Waals surface area (Å²) in [6, 6.07) is 11.3. The molecule has 2 aromatic carbocycles. The Bertz CT molecular complexity index is 920. The van der Waals surface area contributed by atoms with Crippen LogP contribution < -0.4 is 5.32 Å². The predicted octanol–water partition coefficient (Wildman–Crippen LogP) is 4.16. The van der Waals surface area contributed by atoms with Gasteiger partial charge in [-0.1, -0.05) is 38.1 Å². The molecule has 0 radical (unpaired) electrons. The van der Waals surface area contributed by atoms with Gasteiger partial charge in [0, 0.05) is 31.0 Å². The summed E-state index contributed by atoms with van der Waals surface area (Å²) in [6.07, 6.45) is 0. The second kappa shape index (κ2) is 12.2. The highest BCUT2D eigenvalue weighted by molar-refractivity contribution is 7.99. The summed E-state index contributed by atoms with van der Waals surface area (Å²) in [4.78, 5) is 37.4. The number of nitrogens with zero attached hydrogens (tertiary/aromatic N) is 2. The van der Waals surface area contributed by atoms with E-state index in [1.807, 2.05) is 13.8 Å². The van der Waals surface area contributed by atoms with Gasteiger partial charge in [0.1, 0.15) is 11.9 Å². The fraction of sp³-hybridized carbons (Fsp3) is 0.391. The van der Waals surface area contributed by atoms with Crippen molar-refractivity contribution in [2.75, 3.05) is 12.3 Å². The molecule has 0 saturated heterocycles. The quantitative estimate of drug-likeness (QED) is 0.401. The van der Waals surface area contributed by atoms with Crippen molar-refractivity contribution < 1.29 is 18.9 Å². The van der Waals surface area contributed by atoms with E-state index in [-0.39, 0.29) is 41.5 Å². The molecule has 0 aliphatic carbocycles. The highest BCUT2D eigenvalue weighted by Crippen LogP contribution is 2.18. The van der Waals surface area contributed by atoms with E-state index in [1.54, 1.807) is 31.2 Å². The van der Waals surface area contributed by atoms with Crippen molar-refractivity contribution in [2.45, 2.75) is 39.1 Å². The third-order valence-electron chi connectivity index (χ3n) is 4.76. The lowest BCUT2D eigenvalue weighted by Gasteiger charge is -2.29. The topological polar surface area (TPSA) is 92.6 Å². The Morgan fingerprint density at radius 1 is 1.06 bits per heavy atom. The highest BCUT2D eigenvalue weighted by Gasteiger charge is 2.26. The zero-order valence-electron chi connectivity index (χ0n) is 18.4. The van der Waals surface area contributed by atoms with Crippen molar-refractivity contribution in [1.82, 2.24) is 10.2 Å². The molecule has 2 rings (SSSR count). The first-order chi connectivity index (χ1) is 15.2. The summed E-state index contributed by atoms with van der Waals surface area (Å²) in [5, 5.41) is 13.6. The van der Waals surface area contributed by atoms with Gasteiger partial charge in [-0.2, -0.15) is 0 Å². The maximum atomic E-state index is 13.3. The largest absolute Gasteiger partial charge is 0.354 e. The molecular formula is C23H28FN3O4S. The van der Waals surface area contributed by atoms with Crippen LogP contribution in [-0.2, 0) is 21.9 Å². The number of carbonyl (C=O) groups excluding carboxylic acids is 2. The summed E-state index contributed by atoms with van der Waals surface area (Å²) in [5.41, 5.74) is 1.60. The average molecular weight is 462 g/mol. The first-order valence-corrected chi connectivity index (χ1v) is 11.5. The van der Waals surface area contributed by atoms with Gasteiger partial charge < -0.3 is 10.2 Å². The fourth-order valence-electron chi connectivity index (χ4n) is 2.87. The Balaban J connectivity index is 2.03. The molecule has 2 aromatic rings. The lowest BCUT2D eigenvalue weighted by atomic mass is 10.1. The number of amides is 2. The lowest BCUT2D eigenvalue weighted by molar-refractivity contribution is -0.384. The van der Waals surface area contributed by atoms with Crippen LogP contribution in [0.2, 0.25) is 0 Å². The molecule has 7 nitrogen and oxygen atoms in total. The van der Waals surface area contributed by atoms with Gasteiger partial charge in [-0.05, 0) is 36.1 Å². The molecule has 0 aliphatic heterocycles. The third-order valence-corrected chi connectivity index (χ3v) is 5.75. The summed E-state index contributed by atoms with van der Waals surface area (Å²) in [6.45, 7) is 6.35. The van der Waals surface area contributed by atoms with E-state index in [1.165, 1.54) is 40.9 Å². The standard InChI is InChI=1S/C23H28FN3O4S/c1-16(2)12-25-23(29)17(3)26(13-18-4-8-20(24)9-5-18)22(28)15-32-14-19-6-10-21(11-7-19)27(30)31/h4-11,16-17H,12-15H2,1-3H3,(H,25,29)/t17-/m1/s1. The number of hydrogen-bond acceptors (Lipinski definition) is 5. The molecule has 0 spiro atoms. The predicted molar refractivity (Wildman–Crippen MR) is 124 cm³/mol. The molecular weight excluding hydrogens is 433 g/mol. The van der Waals surface area contributed by atoms with E-state index < -0.39 is 11.0 Å². The number of hydrogen-bond donors (Lipinski definition) is 1. The van der Waals surface area contributed by atoms with Crippen LogP contribution in [0, 0.1) is 21.8 Å². The van der Waals surface area contributed by atoms with Gasteiger partial charge in [0.15, 0.2) is 0 Å². The number of carbonyl (C=O) groups is 2. The van der Waals surface area contributed by atoms with Gasteiger partial charge in [-0.3, -0.25) is 19.7 Å². The van der Waals surface area contributed by atoms with E-state index >= 15 is 0 Å². The third kappa shape index (κ3) is 7.96. The van der Waals surface area contributed by atoms with Gasteiger partial charge in [0.05, 0.1) is 10.7 Å². The summed E-state index contributed by atoms with van der Waals surface area (Å²) in [7, 11) is 0. The van der Waals surface area contributed by atoms with E-state index in [0.29, 0.717) is 12.3 Å². The van der Waals surface area contributed by atoms with Crippen molar-refractivity contribution in [3.8, 4) is 0 Å². The average Bonchev–Trinajstić information content (AvgIpc) is 2.76. The minimum Gasteiger partial charge on any atom is -0.354 e. The highest BCUT2D eigenvalue weighted by atomic mass is 32.2. The van der Waals surface area contributed by atoms with Crippen molar-refractivity contribution in [3.63, 3.8) is 0 Å². The number of nitrogens with one attached hydrogen (secondary N) is 1. The maximum Gasteiger partial charge on any atom is 0.269 e. The van der Waals surface area contributed by atoms with Crippen LogP contribution in [0.25, 0.3) is 0 Å². The van der Waals surface area contributed by atoms with Gasteiger partial charge in [0.2, 0.25) is 11.8 Å². The Hall–Kier alpha value is -2.94. The van der Waals surface area contributed by atoms with E-state index in [4.69, 9.17) is 0 Å². The molecule has 2 amide bonds. The minimum absolute atomic E-state index is 0.0153. The molecule has 9 heteroatoms. The van der Waals surface area contributed by atoms with Crippen LogP contribution in [0.1, 0.15) is 31.9 Å². The number of halogens is 1. The second-order valence-electron chi connectivity index (χ2n) is 7.88. The number of benzene rings is 2. The lowest BCUT2D eigenvalue weighted by Crippen LogP contribution is -2.48. The molecule has 0 fully saturated rings. The van der Waals surface area contributed by atoms with Crippen molar-refractivity contribution >= 4 is 29.3 Å². The van der Waals surface area contributed by atoms with Crippen molar-refractivity contribution in [3.05, 3.63) is 75.6 Å². The molecule has 0 unspecified atom stereocenters. The Labute approximate surface area is 191 Å². The number of nitro benzene ring substituents is 1. The molecule has 0 aliphatic rings. The smallest absolute Gasteiger partial charge is 0.269 e. The van der Waals surface area contributed by atoms with Crippen molar-refractivity contribution in [2.24, 2.45) is 5.92 Å². The van der Waals surface area contributed by atoms with Gasteiger partial charge >= 0.3 is 0 Å². The monoisotopic (exact) mass is 461 g/mol. The summed E-state index contributed by atoms with van der Waals surface area (Å²) < 4.78 is 13.3. The Morgan fingerprint density at radius 2 is 1.66 bits per heavy atom. The molecule has 1 N–H and O–H groups in total. The maximum absolute atomic E-state index is 13.3. The zero-order valence-corrected chi connectivity index (χ0v) is 19.2. The number of thioether (sulfide) groups is 1. The van der Waals surface area contributed by atoms with Crippen LogP contribution in [0.15, 0.2) is 48.5 Å². The molecule has 0 heterocycles. The molecule has 1 atom stereocenters. The summed E-state index contributed by atoms with van der Waals surface area (Å²) >= 11 is 1.36. The van der Waals surface area contributed by atoms with E-state index in [2.05, 4.69) is 5.32 Å². The second-order valence-corrected chi connectivity index (χ2v) is 8.87. The van der Waals surface area contributed by atoms with Crippen LogP contribution in [0.4, 0.5) is 10.1 Å². The van der Waals surface area contributed by atoms with E-state index in [9.17, 15) is 24.1 Å². The van der Waals surface area contributed by atoms with Crippen molar-refractivity contribution in [1.29, 1.82) is 0 Å². The Morgan fingerprint density at radius 3 is 2.22 bits per heavy atom. The molecule has 0 aromatic heterocycles. The normalized spacial score (nSPS) is 11.8. The van der Waals surface area contributed by atoms with E-state index in [0.717, 1.165) is 11.1 Å². The fourth-order valence-corrected chi connectivity index (χ4v) is 3.75. The minimum atomic E-state index is -0.689. The molecule has 32 heavy (non-hydrogen) atoms. The van der Waals surface area contributed by atoms with Gasteiger partial charge in [-0.15, -0.1) is 11.8 Å². The Kier molecular flexibility index (Phi) is 9.64. The first-order valence-electron chi connectivity index (χ1n) is 10.3. The van der Waals surface area contributed by atoms with Crippen LogP contribution in [-0.4, -0.2) is 40.0 Å². The molecule has 0 bridgehead atoms. The number of nitro groups is 1. The number of non-ortho nitro benzene ring substituents is 1. The molecule has 172 valence electrons. The zero-order chi connectivity index (χ0) is 23.7. The molecule has 0 saturated carbocycles. The van der Waals surface area contributed by atoms with Crippen LogP contribution in [0.5, 0.6) is 0 Å².